The molecule has 0 aliphatic rings. The Bertz CT molecular complexity index is 551. The highest BCUT2D eigenvalue weighted by Crippen LogP contribution is 2.27. The Morgan fingerprint density at radius 1 is 1.38 bits per heavy atom. The van der Waals surface area contributed by atoms with E-state index < -0.39 is 11.8 Å². The second kappa shape index (κ2) is 3.98. The zero-order valence-corrected chi connectivity index (χ0v) is 8.75. The van der Waals surface area contributed by atoms with Gasteiger partial charge in [-0.2, -0.15) is 0 Å². The van der Waals surface area contributed by atoms with Gasteiger partial charge in [-0.1, -0.05) is 17.7 Å². The van der Waals surface area contributed by atoms with E-state index in [9.17, 15) is 9.18 Å². The van der Waals surface area contributed by atoms with Crippen LogP contribution in [0.1, 0.15) is 10.5 Å². The fourth-order valence-corrected chi connectivity index (χ4v) is 1.63. The minimum Gasteiger partial charge on any atom is -0.477 e. The van der Waals surface area contributed by atoms with Gasteiger partial charge >= 0.3 is 5.97 Å². The van der Waals surface area contributed by atoms with Gasteiger partial charge in [0, 0.05) is 11.8 Å². The van der Waals surface area contributed by atoms with E-state index >= 15 is 0 Å². The molecule has 0 fully saturated rings. The topological polar surface area (TPSA) is 53.1 Å². The summed E-state index contributed by atoms with van der Waals surface area (Å²) in [4.78, 5) is 13.5. The first-order valence-electron chi connectivity index (χ1n) is 4.45. The summed E-state index contributed by atoms with van der Waals surface area (Å²) < 4.78 is 12.9. The monoisotopic (exact) mass is 239 g/mol. The van der Waals surface area contributed by atoms with Crippen LogP contribution in [0.4, 0.5) is 4.39 Å². The molecule has 0 amide bonds. The molecular formula is C11H7ClFNO2. The molecular weight excluding hydrogens is 233 g/mol. The summed E-state index contributed by atoms with van der Waals surface area (Å²) in [5.41, 5.74) is 1.10. The summed E-state index contributed by atoms with van der Waals surface area (Å²) in [5.74, 6) is -1.60. The predicted molar refractivity (Wildman–Crippen MR) is 58.2 cm³/mol. The van der Waals surface area contributed by atoms with Crippen molar-refractivity contribution in [2.45, 2.75) is 0 Å². The lowest BCUT2D eigenvalue weighted by Crippen LogP contribution is -1.98. The quantitative estimate of drug-likeness (QED) is 0.846. The molecule has 1 aromatic heterocycles. The lowest BCUT2D eigenvalue weighted by atomic mass is 10.1. The lowest BCUT2D eigenvalue weighted by Gasteiger charge is -2.02. The molecule has 0 atom stereocenters. The number of aromatic carboxylic acids is 1. The summed E-state index contributed by atoms with van der Waals surface area (Å²) >= 11 is 5.63. The molecule has 0 saturated heterocycles. The van der Waals surface area contributed by atoms with Crippen LogP contribution in [-0.4, -0.2) is 16.1 Å². The van der Waals surface area contributed by atoms with Gasteiger partial charge in [0.15, 0.2) is 0 Å². The molecule has 5 heteroatoms. The minimum atomic E-state index is -1.07. The molecule has 1 heterocycles. The molecule has 0 spiro atoms. The van der Waals surface area contributed by atoms with Crippen molar-refractivity contribution in [3.8, 4) is 11.1 Å². The summed E-state index contributed by atoms with van der Waals surface area (Å²) in [6, 6.07) is 5.69. The number of hydrogen-bond acceptors (Lipinski definition) is 1. The second-order valence-corrected chi connectivity index (χ2v) is 3.61. The number of carboxylic acids is 1. The average Bonchev–Trinajstić information content (AvgIpc) is 2.71. The van der Waals surface area contributed by atoms with Gasteiger partial charge in [0.1, 0.15) is 11.5 Å². The van der Waals surface area contributed by atoms with Gasteiger partial charge in [0.25, 0.3) is 0 Å². The molecule has 0 bridgehead atoms. The molecule has 2 rings (SSSR count). The molecule has 0 saturated carbocycles. The SMILES string of the molecule is O=C(O)c1[nH]ccc1-c1ccc(F)c(Cl)c1. The van der Waals surface area contributed by atoms with Crippen LogP contribution in [0.2, 0.25) is 5.02 Å². The van der Waals surface area contributed by atoms with Crippen molar-refractivity contribution in [1.29, 1.82) is 0 Å². The van der Waals surface area contributed by atoms with Crippen LogP contribution in [0.25, 0.3) is 11.1 Å². The van der Waals surface area contributed by atoms with E-state index in [-0.39, 0.29) is 10.7 Å². The Hall–Kier alpha value is -1.81. The number of carboxylic acid groups (broad SMARTS) is 1. The Balaban J connectivity index is 2.54. The maximum atomic E-state index is 12.9. The van der Waals surface area contributed by atoms with Crippen molar-refractivity contribution < 1.29 is 14.3 Å². The predicted octanol–water partition coefficient (Wildman–Crippen LogP) is 3.17. The third-order valence-corrected chi connectivity index (χ3v) is 2.48. The first-order valence-corrected chi connectivity index (χ1v) is 4.83. The van der Waals surface area contributed by atoms with Crippen molar-refractivity contribution in [2.24, 2.45) is 0 Å². The van der Waals surface area contributed by atoms with Gasteiger partial charge in [0.05, 0.1) is 5.02 Å². The van der Waals surface area contributed by atoms with Gasteiger partial charge in [0.2, 0.25) is 0 Å². The van der Waals surface area contributed by atoms with E-state index in [2.05, 4.69) is 4.98 Å². The molecule has 0 aliphatic carbocycles. The molecule has 16 heavy (non-hydrogen) atoms. The number of aromatic nitrogens is 1. The smallest absolute Gasteiger partial charge is 0.352 e. The first kappa shape index (κ1) is 10.7. The minimum absolute atomic E-state index is 0.0324. The highest BCUT2D eigenvalue weighted by molar-refractivity contribution is 6.31. The average molecular weight is 240 g/mol. The van der Waals surface area contributed by atoms with Crippen molar-refractivity contribution in [1.82, 2.24) is 4.98 Å². The number of nitrogens with one attached hydrogen (secondary N) is 1. The van der Waals surface area contributed by atoms with Gasteiger partial charge in [-0.15, -0.1) is 0 Å². The van der Waals surface area contributed by atoms with E-state index in [1.165, 1.54) is 24.4 Å². The fraction of sp³-hybridized carbons (Fsp3) is 0. The van der Waals surface area contributed by atoms with Crippen LogP contribution < -0.4 is 0 Å². The van der Waals surface area contributed by atoms with Gasteiger partial charge < -0.3 is 10.1 Å². The Morgan fingerprint density at radius 2 is 2.12 bits per heavy atom. The van der Waals surface area contributed by atoms with Gasteiger partial charge in [-0.3, -0.25) is 0 Å². The summed E-state index contributed by atoms with van der Waals surface area (Å²) in [5, 5.41) is 8.87. The number of hydrogen-bond donors (Lipinski definition) is 2. The fourth-order valence-electron chi connectivity index (χ4n) is 1.45. The third-order valence-electron chi connectivity index (χ3n) is 2.19. The number of carbonyl (C=O) groups is 1. The number of aromatic amines is 1. The van der Waals surface area contributed by atoms with Crippen molar-refractivity contribution in [3.63, 3.8) is 0 Å². The number of rotatable bonds is 2. The van der Waals surface area contributed by atoms with Crippen LogP contribution >= 0.6 is 11.6 Å². The molecule has 82 valence electrons. The van der Waals surface area contributed by atoms with E-state index in [1.54, 1.807) is 6.07 Å². The molecule has 2 N–H and O–H groups in total. The molecule has 3 nitrogen and oxygen atoms in total. The zero-order chi connectivity index (χ0) is 11.7. The van der Waals surface area contributed by atoms with Crippen LogP contribution in [0.5, 0.6) is 0 Å². The van der Waals surface area contributed by atoms with E-state index in [1.807, 2.05) is 0 Å². The van der Waals surface area contributed by atoms with Crippen LogP contribution in [0, 0.1) is 5.82 Å². The number of halogens is 2. The second-order valence-electron chi connectivity index (χ2n) is 3.20. The van der Waals surface area contributed by atoms with E-state index in [0.717, 1.165) is 0 Å². The number of benzene rings is 1. The highest BCUT2D eigenvalue weighted by atomic mass is 35.5. The molecule has 0 aliphatic heterocycles. The maximum absolute atomic E-state index is 12.9. The Labute approximate surface area is 95.5 Å². The van der Waals surface area contributed by atoms with Gasteiger partial charge in [-0.25, -0.2) is 9.18 Å². The number of H-pyrrole nitrogens is 1. The highest BCUT2D eigenvalue weighted by Gasteiger charge is 2.13. The summed E-state index contributed by atoms with van der Waals surface area (Å²) in [6.45, 7) is 0. The van der Waals surface area contributed by atoms with Crippen molar-refractivity contribution in [2.75, 3.05) is 0 Å². The maximum Gasteiger partial charge on any atom is 0.352 e. The van der Waals surface area contributed by atoms with Crippen LogP contribution in [0.3, 0.4) is 0 Å². The third kappa shape index (κ3) is 1.79. The van der Waals surface area contributed by atoms with Crippen LogP contribution in [0.15, 0.2) is 30.5 Å². The molecule has 0 unspecified atom stereocenters. The zero-order valence-electron chi connectivity index (χ0n) is 8.00. The normalized spacial score (nSPS) is 10.4. The van der Waals surface area contributed by atoms with Crippen molar-refractivity contribution >= 4 is 17.6 Å². The molecule has 0 radical (unpaired) electrons. The van der Waals surface area contributed by atoms with E-state index in [0.29, 0.717) is 11.1 Å². The van der Waals surface area contributed by atoms with Crippen molar-refractivity contribution in [3.05, 3.63) is 47.0 Å². The van der Waals surface area contributed by atoms with Gasteiger partial charge in [-0.05, 0) is 23.8 Å². The largest absolute Gasteiger partial charge is 0.477 e. The first-order chi connectivity index (χ1) is 7.59. The lowest BCUT2D eigenvalue weighted by molar-refractivity contribution is 0.0692. The molecule has 2 aromatic rings. The van der Waals surface area contributed by atoms with Crippen LogP contribution in [-0.2, 0) is 0 Å². The Morgan fingerprint density at radius 3 is 2.75 bits per heavy atom. The standard InChI is InChI=1S/C11H7ClFNO2/c12-8-5-6(1-2-9(8)13)7-3-4-14-10(7)11(15)16/h1-5,14H,(H,15,16). The van der Waals surface area contributed by atoms with E-state index in [4.69, 9.17) is 16.7 Å². The summed E-state index contributed by atoms with van der Waals surface area (Å²) in [7, 11) is 0. The Kier molecular flexibility index (Phi) is 2.66. The molecule has 1 aromatic carbocycles. The summed E-state index contributed by atoms with van der Waals surface area (Å²) in [6.07, 6.45) is 1.51.